The van der Waals surface area contributed by atoms with E-state index in [-0.39, 0.29) is 5.91 Å². The van der Waals surface area contributed by atoms with E-state index in [9.17, 15) is 4.79 Å². The molecule has 3 heterocycles. The van der Waals surface area contributed by atoms with Gasteiger partial charge in [-0.3, -0.25) is 9.48 Å². The SMILES string of the molecule is Cc1cc(C(=O)N2CCN[C@H](C)C2)c2cnn(C)c2n1. The average Bonchev–Trinajstić information content (AvgIpc) is 2.79. The van der Waals surface area contributed by atoms with E-state index in [0.29, 0.717) is 11.6 Å². The average molecular weight is 273 g/mol. The molecule has 1 N–H and O–H groups in total. The van der Waals surface area contributed by atoms with E-state index in [0.717, 1.165) is 36.4 Å². The Morgan fingerprint density at radius 1 is 1.50 bits per heavy atom. The van der Waals surface area contributed by atoms with E-state index in [2.05, 4.69) is 22.3 Å². The minimum Gasteiger partial charge on any atom is -0.336 e. The summed E-state index contributed by atoms with van der Waals surface area (Å²) in [5, 5.41) is 8.39. The topological polar surface area (TPSA) is 63.1 Å². The summed E-state index contributed by atoms with van der Waals surface area (Å²) < 4.78 is 1.71. The molecule has 1 saturated heterocycles. The monoisotopic (exact) mass is 273 g/mol. The zero-order valence-electron chi connectivity index (χ0n) is 12.1. The number of nitrogens with zero attached hydrogens (tertiary/aromatic N) is 4. The van der Waals surface area contributed by atoms with Gasteiger partial charge in [0.1, 0.15) is 0 Å². The standard InChI is InChI=1S/C14H19N5O/c1-9-6-11(12-7-16-18(3)13(12)17-9)14(20)19-5-4-15-10(2)8-19/h6-7,10,15H,4-5,8H2,1-3H3/t10-/m1/s1. The first-order valence-electron chi connectivity index (χ1n) is 6.88. The molecule has 106 valence electrons. The smallest absolute Gasteiger partial charge is 0.254 e. The van der Waals surface area contributed by atoms with Crippen LogP contribution in [0.4, 0.5) is 0 Å². The number of hydrogen-bond donors (Lipinski definition) is 1. The molecule has 0 aliphatic carbocycles. The zero-order chi connectivity index (χ0) is 14.3. The van der Waals surface area contributed by atoms with Crippen molar-refractivity contribution in [1.29, 1.82) is 0 Å². The highest BCUT2D eigenvalue weighted by Gasteiger charge is 2.24. The van der Waals surface area contributed by atoms with Gasteiger partial charge in [-0.05, 0) is 19.9 Å². The van der Waals surface area contributed by atoms with Crippen molar-refractivity contribution >= 4 is 16.9 Å². The minimum atomic E-state index is 0.0712. The molecular formula is C14H19N5O. The summed E-state index contributed by atoms with van der Waals surface area (Å²) in [6, 6.07) is 2.19. The van der Waals surface area contributed by atoms with Crippen molar-refractivity contribution in [3.05, 3.63) is 23.5 Å². The van der Waals surface area contributed by atoms with Crippen molar-refractivity contribution in [3.8, 4) is 0 Å². The van der Waals surface area contributed by atoms with Crippen molar-refractivity contribution in [2.45, 2.75) is 19.9 Å². The van der Waals surface area contributed by atoms with Crippen LogP contribution in [0.25, 0.3) is 11.0 Å². The summed E-state index contributed by atoms with van der Waals surface area (Å²) in [6.07, 6.45) is 1.72. The number of amides is 1. The lowest BCUT2D eigenvalue weighted by molar-refractivity contribution is 0.0711. The number of hydrogen-bond acceptors (Lipinski definition) is 4. The van der Waals surface area contributed by atoms with E-state index in [1.165, 1.54) is 0 Å². The third-order valence-corrected chi connectivity index (χ3v) is 3.72. The van der Waals surface area contributed by atoms with E-state index < -0.39 is 0 Å². The fourth-order valence-electron chi connectivity index (χ4n) is 2.70. The van der Waals surface area contributed by atoms with Gasteiger partial charge in [-0.15, -0.1) is 0 Å². The van der Waals surface area contributed by atoms with Crippen molar-refractivity contribution in [2.75, 3.05) is 19.6 Å². The van der Waals surface area contributed by atoms with Crippen LogP contribution in [0.5, 0.6) is 0 Å². The van der Waals surface area contributed by atoms with Crippen molar-refractivity contribution in [1.82, 2.24) is 25.0 Å². The first kappa shape index (κ1) is 13.1. The van der Waals surface area contributed by atoms with Crippen LogP contribution in [0.1, 0.15) is 23.0 Å². The quantitative estimate of drug-likeness (QED) is 0.831. The van der Waals surface area contributed by atoms with Crippen LogP contribution in [0.3, 0.4) is 0 Å². The molecule has 3 rings (SSSR count). The maximum absolute atomic E-state index is 12.8. The third-order valence-electron chi connectivity index (χ3n) is 3.72. The fourth-order valence-corrected chi connectivity index (χ4v) is 2.70. The molecule has 1 fully saturated rings. The molecule has 20 heavy (non-hydrogen) atoms. The number of piperazine rings is 1. The Morgan fingerprint density at radius 3 is 3.05 bits per heavy atom. The largest absolute Gasteiger partial charge is 0.336 e. The van der Waals surface area contributed by atoms with Gasteiger partial charge in [0, 0.05) is 38.4 Å². The number of pyridine rings is 1. The molecule has 0 spiro atoms. The van der Waals surface area contributed by atoms with Crippen LogP contribution in [-0.4, -0.2) is 51.2 Å². The number of aromatic nitrogens is 3. The van der Waals surface area contributed by atoms with Gasteiger partial charge in [-0.1, -0.05) is 0 Å². The van der Waals surface area contributed by atoms with E-state index in [4.69, 9.17) is 0 Å². The minimum absolute atomic E-state index is 0.0712. The normalized spacial score (nSPS) is 19.6. The molecule has 1 atom stereocenters. The Balaban J connectivity index is 2.02. The van der Waals surface area contributed by atoms with E-state index in [1.807, 2.05) is 24.9 Å². The fraction of sp³-hybridized carbons (Fsp3) is 0.500. The first-order chi connectivity index (χ1) is 9.56. The van der Waals surface area contributed by atoms with Crippen LogP contribution in [0.15, 0.2) is 12.3 Å². The van der Waals surface area contributed by atoms with Gasteiger partial charge in [0.2, 0.25) is 0 Å². The summed E-state index contributed by atoms with van der Waals surface area (Å²) in [4.78, 5) is 19.1. The molecule has 6 heteroatoms. The molecule has 2 aromatic heterocycles. The second-order valence-corrected chi connectivity index (χ2v) is 5.42. The summed E-state index contributed by atoms with van der Waals surface area (Å²) in [5.74, 6) is 0.0712. The third kappa shape index (κ3) is 2.16. The summed E-state index contributed by atoms with van der Waals surface area (Å²) in [7, 11) is 1.84. The molecule has 6 nitrogen and oxygen atoms in total. The predicted octanol–water partition coefficient (Wildman–Crippen LogP) is 0.711. The molecular weight excluding hydrogens is 254 g/mol. The molecule has 0 saturated carbocycles. The molecule has 2 aromatic rings. The first-order valence-corrected chi connectivity index (χ1v) is 6.88. The van der Waals surface area contributed by atoms with Gasteiger partial charge < -0.3 is 10.2 Å². The van der Waals surface area contributed by atoms with Gasteiger partial charge in [-0.2, -0.15) is 5.10 Å². The number of nitrogens with one attached hydrogen (secondary N) is 1. The molecule has 0 radical (unpaired) electrons. The molecule has 1 aliphatic heterocycles. The second-order valence-electron chi connectivity index (χ2n) is 5.42. The van der Waals surface area contributed by atoms with Crippen LogP contribution in [-0.2, 0) is 7.05 Å². The summed E-state index contributed by atoms with van der Waals surface area (Å²) >= 11 is 0. The Hall–Kier alpha value is -1.95. The van der Waals surface area contributed by atoms with Gasteiger partial charge in [-0.25, -0.2) is 4.98 Å². The van der Waals surface area contributed by atoms with Gasteiger partial charge in [0.05, 0.1) is 17.1 Å². The highest BCUT2D eigenvalue weighted by atomic mass is 16.2. The van der Waals surface area contributed by atoms with E-state index >= 15 is 0 Å². The number of carbonyl (C=O) groups excluding carboxylic acids is 1. The van der Waals surface area contributed by atoms with Crippen molar-refractivity contribution in [2.24, 2.45) is 7.05 Å². The number of carbonyl (C=O) groups is 1. The van der Waals surface area contributed by atoms with Gasteiger partial charge >= 0.3 is 0 Å². The number of rotatable bonds is 1. The predicted molar refractivity (Wildman–Crippen MR) is 76.6 cm³/mol. The van der Waals surface area contributed by atoms with Crippen molar-refractivity contribution in [3.63, 3.8) is 0 Å². The molecule has 1 aliphatic rings. The second kappa shape index (κ2) is 4.86. The Kier molecular flexibility index (Phi) is 3.17. The van der Waals surface area contributed by atoms with Crippen LogP contribution >= 0.6 is 0 Å². The lowest BCUT2D eigenvalue weighted by Gasteiger charge is -2.32. The van der Waals surface area contributed by atoms with Crippen LogP contribution in [0, 0.1) is 6.92 Å². The highest BCUT2D eigenvalue weighted by Crippen LogP contribution is 2.20. The van der Waals surface area contributed by atoms with Crippen LogP contribution < -0.4 is 5.32 Å². The van der Waals surface area contributed by atoms with Crippen molar-refractivity contribution < 1.29 is 4.79 Å². The summed E-state index contributed by atoms with van der Waals surface area (Å²) in [5.41, 5.74) is 2.30. The Morgan fingerprint density at radius 2 is 2.30 bits per heavy atom. The summed E-state index contributed by atoms with van der Waals surface area (Å²) in [6.45, 7) is 6.32. The van der Waals surface area contributed by atoms with Gasteiger partial charge in [0.25, 0.3) is 5.91 Å². The van der Waals surface area contributed by atoms with E-state index in [1.54, 1.807) is 10.9 Å². The Bertz CT molecular complexity index is 663. The maximum atomic E-state index is 12.8. The number of fused-ring (bicyclic) bond motifs is 1. The van der Waals surface area contributed by atoms with Gasteiger partial charge in [0.15, 0.2) is 5.65 Å². The van der Waals surface area contributed by atoms with Crippen LogP contribution in [0.2, 0.25) is 0 Å². The molecule has 0 bridgehead atoms. The molecule has 1 amide bonds. The molecule has 0 unspecified atom stereocenters. The lowest BCUT2D eigenvalue weighted by atomic mass is 10.1. The molecule has 0 aromatic carbocycles. The number of aryl methyl sites for hydroxylation is 2. The highest BCUT2D eigenvalue weighted by molar-refractivity contribution is 6.05. The maximum Gasteiger partial charge on any atom is 0.254 e. The Labute approximate surface area is 117 Å². The lowest BCUT2D eigenvalue weighted by Crippen LogP contribution is -2.51. The zero-order valence-corrected chi connectivity index (χ0v) is 12.1.